The Morgan fingerprint density at radius 3 is 2.62 bits per heavy atom. The van der Waals surface area contributed by atoms with Crippen LogP contribution in [0.25, 0.3) is 11.0 Å². The first kappa shape index (κ1) is 16.0. The smallest absolute Gasteiger partial charge is 0.137 e. The topological polar surface area (TPSA) is 31.6 Å². The molecule has 2 fully saturated rings. The van der Waals surface area contributed by atoms with Gasteiger partial charge < -0.3 is 13.9 Å². The quantitative estimate of drug-likeness (QED) is 0.656. The van der Waals surface area contributed by atoms with E-state index in [9.17, 15) is 0 Å². The lowest BCUT2D eigenvalue weighted by Gasteiger charge is -2.27. The van der Waals surface area contributed by atoms with Gasteiger partial charge in [-0.25, -0.2) is 0 Å². The van der Waals surface area contributed by atoms with E-state index >= 15 is 0 Å². The highest BCUT2D eigenvalue weighted by molar-refractivity contribution is 5.79. The average molecular weight is 328 g/mol. The van der Waals surface area contributed by atoms with E-state index in [1.54, 1.807) is 0 Å². The maximum absolute atomic E-state index is 6.17. The molecule has 4 rings (SSSR count). The highest BCUT2D eigenvalue weighted by Crippen LogP contribution is 2.37. The Morgan fingerprint density at radius 1 is 1.04 bits per heavy atom. The molecule has 0 N–H and O–H groups in total. The van der Waals surface area contributed by atoms with Gasteiger partial charge in [0.25, 0.3) is 0 Å². The number of benzene rings is 1. The van der Waals surface area contributed by atoms with E-state index in [-0.39, 0.29) is 0 Å². The molecule has 0 amide bonds. The molecule has 2 aliphatic carbocycles. The molecule has 0 aliphatic heterocycles. The van der Waals surface area contributed by atoms with Gasteiger partial charge in [-0.2, -0.15) is 0 Å². The molecule has 2 aliphatic rings. The second-order valence-corrected chi connectivity index (χ2v) is 7.45. The van der Waals surface area contributed by atoms with Crippen molar-refractivity contribution in [1.82, 2.24) is 0 Å². The van der Waals surface area contributed by atoms with Crippen molar-refractivity contribution in [2.75, 3.05) is 13.2 Å². The van der Waals surface area contributed by atoms with Crippen LogP contribution in [0.2, 0.25) is 0 Å². The second-order valence-electron chi connectivity index (χ2n) is 7.45. The monoisotopic (exact) mass is 328 g/mol. The van der Waals surface area contributed by atoms with E-state index in [4.69, 9.17) is 13.9 Å². The first-order valence-electron chi connectivity index (χ1n) is 9.59. The molecule has 0 unspecified atom stereocenters. The zero-order valence-electron chi connectivity index (χ0n) is 14.6. The molecule has 3 heteroatoms. The Morgan fingerprint density at radius 2 is 1.88 bits per heavy atom. The number of rotatable bonds is 7. The molecule has 3 nitrogen and oxygen atoms in total. The van der Waals surface area contributed by atoms with Crippen LogP contribution in [0.5, 0.6) is 5.75 Å². The molecule has 0 radical (unpaired) electrons. The lowest BCUT2D eigenvalue weighted by Crippen LogP contribution is -2.20. The van der Waals surface area contributed by atoms with Gasteiger partial charge in [0, 0.05) is 24.0 Å². The van der Waals surface area contributed by atoms with E-state index in [0.717, 1.165) is 55.5 Å². The Kier molecular flexibility index (Phi) is 4.79. The summed E-state index contributed by atoms with van der Waals surface area (Å²) in [5.74, 6) is 3.39. The minimum absolute atomic E-state index is 0.452. The molecule has 1 heterocycles. The first-order chi connectivity index (χ1) is 11.8. The van der Waals surface area contributed by atoms with Crippen molar-refractivity contribution in [3.63, 3.8) is 0 Å². The standard InChI is InChI=1S/C21H28O3/c1-2-11-22-18-8-5-16(6-9-18)20-12-17-7-10-19(13-21(17)24-20)23-14-15-3-4-15/h7,10,12-13,15-16,18H,2-6,8-9,11,14H2,1H3. The van der Waals surface area contributed by atoms with Crippen LogP contribution in [0, 0.1) is 5.92 Å². The molecule has 0 bridgehead atoms. The number of hydrogen-bond donors (Lipinski definition) is 0. The molecular weight excluding hydrogens is 300 g/mol. The third-order valence-corrected chi connectivity index (χ3v) is 5.33. The predicted molar refractivity (Wildman–Crippen MR) is 95.7 cm³/mol. The van der Waals surface area contributed by atoms with Gasteiger partial charge in [0.2, 0.25) is 0 Å². The zero-order chi connectivity index (χ0) is 16.4. The van der Waals surface area contributed by atoms with Crippen LogP contribution in [-0.4, -0.2) is 19.3 Å². The minimum atomic E-state index is 0.452. The maximum Gasteiger partial charge on any atom is 0.137 e. The van der Waals surface area contributed by atoms with Crippen molar-refractivity contribution in [2.24, 2.45) is 5.92 Å². The lowest BCUT2D eigenvalue weighted by molar-refractivity contribution is 0.0239. The molecule has 24 heavy (non-hydrogen) atoms. The van der Waals surface area contributed by atoms with E-state index in [0.29, 0.717) is 12.0 Å². The fraction of sp³-hybridized carbons (Fsp3) is 0.619. The fourth-order valence-electron chi connectivity index (χ4n) is 3.62. The minimum Gasteiger partial charge on any atom is -0.493 e. The van der Waals surface area contributed by atoms with Crippen LogP contribution in [0.1, 0.15) is 63.5 Å². The third-order valence-electron chi connectivity index (χ3n) is 5.33. The van der Waals surface area contributed by atoms with Crippen molar-refractivity contribution >= 4 is 11.0 Å². The van der Waals surface area contributed by atoms with Crippen LogP contribution in [0.3, 0.4) is 0 Å². The van der Waals surface area contributed by atoms with Gasteiger partial charge in [0.05, 0.1) is 12.7 Å². The van der Waals surface area contributed by atoms with Crippen LogP contribution in [0.15, 0.2) is 28.7 Å². The third kappa shape index (κ3) is 3.77. The molecule has 0 atom stereocenters. The van der Waals surface area contributed by atoms with Crippen LogP contribution >= 0.6 is 0 Å². The second kappa shape index (κ2) is 7.18. The van der Waals surface area contributed by atoms with Crippen molar-refractivity contribution < 1.29 is 13.9 Å². The summed E-state index contributed by atoms with van der Waals surface area (Å²) >= 11 is 0. The average Bonchev–Trinajstić information content (AvgIpc) is 3.35. The van der Waals surface area contributed by atoms with E-state index in [1.165, 1.54) is 31.1 Å². The normalized spacial score (nSPS) is 24.4. The van der Waals surface area contributed by atoms with Gasteiger partial charge in [0.1, 0.15) is 17.1 Å². The predicted octanol–water partition coefficient (Wildman–Crippen LogP) is 5.67. The lowest BCUT2D eigenvalue weighted by atomic mass is 9.86. The summed E-state index contributed by atoms with van der Waals surface area (Å²) in [7, 11) is 0. The Balaban J connectivity index is 1.39. The highest BCUT2D eigenvalue weighted by atomic mass is 16.5. The molecule has 0 spiro atoms. The summed E-state index contributed by atoms with van der Waals surface area (Å²) < 4.78 is 17.9. The molecule has 0 saturated heterocycles. The largest absolute Gasteiger partial charge is 0.493 e. The number of ether oxygens (including phenoxy) is 2. The van der Waals surface area contributed by atoms with E-state index in [1.807, 2.05) is 0 Å². The van der Waals surface area contributed by atoms with Crippen molar-refractivity contribution in [3.05, 3.63) is 30.0 Å². The highest BCUT2D eigenvalue weighted by Gasteiger charge is 2.25. The van der Waals surface area contributed by atoms with Gasteiger partial charge in [0.15, 0.2) is 0 Å². The Bertz CT molecular complexity index is 663. The summed E-state index contributed by atoms with van der Waals surface area (Å²) in [5.41, 5.74) is 0.961. The zero-order valence-corrected chi connectivity index (χ0v) is 14.6. The van der Waals surface area contributed by atoms with Gasteiger partial charge in [-0.15, -0.1) is 0 Å². The number of furan rings is 1. The Hall–Kier alpha value is -1.48. The van der Waals surface area contributed by atoms with Gasteiger partial charge >= 0.3 is 0 Å². The van der Waals surface area contributed by atoms with Crippen LogP contribution in [-0.2, 0) is 4.74 Å². The molecule has 1 aromatic carbocycles. The van der Waals surface area contributed by atoms with E-state index < -0.39 is 0 Å². The van der Waals surface area contributed by atoms with Crippen LogP contribution < -0.4 is 4.74 Å². The van der Waals surface area contributed by atoms with Gasteiger partial charge in [-0.3, -0.25) is 0 Å². The summed E-state index contributed by atoms with van der Waals surface area (Å²) in [5, 5.41) is 1.19. The van der Waals surface area contributed by atoms with Crippen molar-refractivity contribution in [2.45, 2.75) is 63.9 Å². The maximum atomic E-state index is 6.17. The van der Waals surface area contributed by atoms with Crippen molar-refractivity contribution in [3.8, 4) is 5.75 Å². The summed E-state index contributed by atoms with van der Waals surface area (Å²) in [6, 6.07) is 8.47. The molecular formula is C21H28O3. The molecule has 1 aromatic heterocycles. The summed E-state index contributed by atoms with van der Waals surface area (Å²) in [6.07, 6.45) is 8.82. The Labute approximate surface area is 144 Å². The molecule has 130 valence electrons. The molecule has 2 aromatic rings. The summed E-state index contributed by atoms with van der Waals surface area (Å²) in [6.45, 7) is 3.91. The SMILES string of the molecule is CCCOC1CCC(c2cc3ccc(OCC4CC4)cc3o2)CC1. The van der Waals surface area contributed by atoms with Gasteiger partial charge in [-0.05, 0) is 69.1 Å². The van der Waals surface area contributed by atoms with Gasteiger partial charge in [-0.1, -0.05) is 6.92 Å². The van der Waals surface area contributed by atoms with Crippen molar-refractivity contribution in [1.29, 1.82) is 0 Å². The first-order valence-corrected chi connectivity index (χ1v) is 9.59. The fourth-order valence-corrected chi connectivity index (χ4v) is 3.62. The summed E-state index contributed by atoms with van der Waals surface area (Å²) in [4.78, 5) is 0. The number of fused-ring (bicyclic) bond motifs is 1. The van der Waals surface area contributed by atoms with E-state index in [2.05, 4.69) is 31.2 Å². The molecule has 2 saturated carbocycles. The number of hydrogen-bond acceptors (Lipinski definition) is 3. The van der Waals surface area contributed by atoms with Crippen LogP contribution in [0.4, 0.5) is 0 Å².